The second-order valence-corrected chi connectivity index (χ2v) is 5.41. The van der Waals surface area contributed by atoms with E-state index in [1.807, 2.05) is 31.2 Å². The third-order valence-electron chi connectivity index (χ3n) is 3.88. The third kappa shape index (κ3) is 3.59. The zero-order chi connectivity index (χ0) is 14.5. The van der Waals surface area contributed by atoms with Gasteiger partial charge in [-0.3, -0.25) is 9.59 Å². The molecule has 1 aromatic carbocycles. The van der Waals surface area contributed by atoms with Crippen molar-refractivity contribution in [3.05, 3.63) is 35.4 Å². The van der Waals surface area contributed by atoms with E-state index in [1.165, 1.54) is 7.11 Å². The van der Waals surface area contributed by atoms with E-state index in [0.717, 1.165) is 31.2 Å². The third-order valence-corrected chi connectivity index (χ3v) is 3.88. The zero-order valence-electron chi connectivity index (χ0n) is 12.0. The van der Waals surface area contributed by atoms with Gasteiger partial charge in [-0.05, 0) is 44.7 Å². The zero-order valence-corrected chi connectivity index (χ0v) is 12.0. The van der Waals surface area contributed by atoms with Crippen LogP contribution < -0.4 is 5.32 Å². The number of nitrogens with one attached hydrogen (secondary N) is 1. The molecule has 0 aromatic heterocycles. The molecule has 108 valence electrons. The molecule has 0 radical (unpaired) electrons. The first-order valence-corrected chi connectivity index (χ1v) is 7.05. The molecule has 0 bridgehead atoms. The van der Waals surface area contributed by atoms with E-state index in [9.17, 15) is 9.59 Å². The fourth-order valence-corrected chi connectivity index (χ4v) is 2.70. The Morgan fingerprint density at radius 3 is 2.50 bits per heavy atom. The first kappa shape index (κ1) is 14.6. The maximum absolute atomic E-state index is 12.1. The molecular weight excluding hydrogens is 254 g/mol. The maximum atomic E-state index is 12.1. The van der Waals surface area contributed by atoms with E-state index >= 15 is 0 Å². The molecule has 0 spiro atoms. The minimum atomic E-state index is -0.131. The number of hydrogen-bond donors (Lipinski definition) is 1. The van der Waals surface area contributed by atoms with Crippen LogP contribution in [-0.4, -0.2) is 25.0 Å². The van der Waals surface area contributed by atoms with E-state index in [2.05, 4.69) is 5.32 Å². The molecule has 1 fully saturated rings. The van der Waals surface area contributed by atoms with E-state index < -0.39 is 0 Å². The van der Waals surface area contributed by atoms with Gasteiger partial charge in [0.05, 0.1) is 13.0 Å². The van der Waals surface area contributed by atoms with E-state index in [1.54, 1.807) is 0 Å². The van der Waals surface area contributed by atoms with Crippen LogP contribution in [0.5, 0.6) is 0 Å². The molecule has 1 aliphatic rings. The Hall–Kier alpha value is -1.84. The summed E-state index contributed by atoms with van der Waals surface area (Å²) in [5.41, 5.74) is 1.77. The van der Waals surface area contributed by atoms with Gasteiger partial charge < -0.3 is 10.1 Å². The van der Waals surface area contributed by atoms with Crippen LogP contribution in [0.1, 0.15) is 41.6 Å². The monoisotopic (exact) mass is 275 g/mol. The summed E-state index contributed by atoms with van der Waals surface area (Å²) in [5, 5.41) is 3.05. The second kappa shape index (κ2) is 6.55. The molecule has 2 rings (SSSR count). The first-order chi connectivity index (χ1) is 9.60. The Balaban J connectivity index is 1.86. The van der Waals surface area contributed by atoms with Crippen LogP contribution in [0.25, 0.3) is 0 Å². The first-order valence-electron chi connectivity index (χ1n) is 7.05. The van der Waals surface area contributed by atoms with Gasteiger partial charge in [0, 0.05) is 11.6 Å². The van der Waals surface area contributed by atoms with Crippen LogP contribution in [0.2, 0.25) is 0 Å². The highest BCUT2D eigenvalue weighted by Crippen LogP contribution is 2.25. The Bertz CT molecular complexity index is 490. The highest BCUT2D eigenvalue weighted by Gasteiger charge is 2.27. The molecule has 0 unspecified atom stereocenters. The number of aryl methyl sites for hydroxylation is 1. The van der Waals surface area contributed by atoms with Crippen LogP contribution in [0.15, 0.2) is 24.3 Å². The number of benzene rings is 1. The van der Waals surface area contributed by atoms with Gasteiger partial charge in [0.2, 0.25) is 0 Å². The SMILES string of the molecule is COC(=O)C1CCC(NC(=O)c2cccc(C)c2)CC1. The Morgan fingerprint density at radius 1 is 1.20 bits per heavy atom. The molecule has 1 saturated carbocycles. The average molecular weight is 275 g/mol. The summed E-state index contributed by atoms with van der Waals surface area (Å²) >= 11 is 0. The Morgan fingerprint density at radius 2 is 1.90 bits per heavy atom. The number of amides is 1. The average Bonchev–Trinajstić information content (AvgIpc) is 2.47. The van der Waals surface area contributed by atoms with E-state index in [4.69, 9.17) is 4.74 Å². The van der Waals surface area contributed by atoms with Crippen molar-refractivity contribution in [3.8, 4) is 0 Å². The molecule has 1 aliphatic carbocycles. The summed E-state index contributed by atoms with van der Waals surface area (Å²) in [7, 11) is 1.42. The quantitative estimate of drug-likeness (QED) is 0.862. The van der Waals surface area contributed by atoms with E-state index in [-0.39, 0.29) is 23.8 Å². The minimum absolute atomic E-state index is 0.00729. The van der Waals surface area contributed by atoms with Crippen molar-refractivity contribution in [3.63, 3.8) is 0 Å². The minimum Gasteiger partial charge on any atom is -0.469 e. The van der Waals surface area contributed by atoms with Gasteiger partial charge in [-0.15, -0.1) is 0 Å². The highest BCUT2D eigenvalue weighted by atomic mass is 16.5. The summed E-state index contributed by atoms with van der Waals surface area (Å²) < 4.78 is 4.76. The second-order valence-electron chi connectivity index (χ2n) is 5.41. The molecule has 4 heteroatoms. The molecule has 4 nitrogen and oxygen atoms in total. The Labute approximate surface area is 119 Å². The maximum Gasteiger partial charge on any atom is 0.308 e. The van der Waals surface area contributed by atoms with Gasteiger partial charge in [-0.25, -0.2) is 0 Å². The molecule has 0 heterocycles. The highest BCUT2D eigenvalue weighted by molar-refractivity contribution is 5.94. The smallest absolute Gasteiger partial charge is 0.308 e. The van der Waals surface area contributed by atoms with Gasteiger partial charge in [0.25, 0.3) is 5.91 Å². The van der Waals surface area contributed by atoms with Crippen molar-refractivity contribution < 1.29 is 14.3 Å². The number of methoxy groups -OCH3 is 1. The molecule has 1 amide bonds. The van der Waals surface area contributed by atoms with Gasteiger partial charge in [0.1, 0.15) is 0 Å². The number of carbonyl (C=O) groups is 2. The lowest BCUT2D eigenvalue weighted by Gasteiger charge is -2.27. The van der Waals surface area contributed by atoms with Crippen molar-refractivity contribution >= 4 is 11.9 Å². The number of rotatable bonds is 3. The molecule has 0 saturated heterocycles. The molecule has 0 atom stereocenters. The summed E-state index contributed by atoms with van der Waals surface area (Å²) in [6.45, 7) is 1.97. The largest absolute Gasteiger partial charge is 0.469 e. The van der Waals surface area contributed by atoms with Gasteiger partial charge >= 0.3 is 5.97 Å². The molecule has 20 heavy (non-hydrogen) atoms. The topological polar surface area (TPSA) is 55.4 Å². The van der Waals surface area contributed by atoms with Crippen molar-refractivity contribution in [2.75, 3.05) is 7.11 Å². The van der Waals surface area contributed by atoms with Crippen molar-refractivity contribution in [2.24, 2.45) is 5.92 Å². The van der Waals surface area contributed by atoms with Crippen LogP contribution in [0.3, 0.4) is 0 Å². The molecule has 1 N–H and O–H groups in total. The van der Waals surface area contributed by atoms with Crippen molar-refractivity contribution in [1.82, 2.24) is 5.32 Å². The molecule has 1 aromatic rings. The van der Waals surface area contributed by atoms with Gasteiger partial charge in [-0.1, -0.05) is 17.7 Å². The number of carbonyl (C=O) groups excluding carboxylic acids is 2. The predicted molar refractivity (Wildman–Crippen MR) is 76.4 cm³/mol. The molecular formula is C16H21NO3. The number of hydrogen-bond acceptors (Lipinski definition) is 3. The Kier molecular flexibility index (Phi) is 4.77. The van der Waals surface area contributed by atoms with Crippen molar-refractivity contribution in [2.45, 2.75) is 38.6 Å². The standard InChI is InChI=1S/C16H21NO3/c1-11-4-3-5-13(10-11)15(18)17-14-8-6-12(7-9-14)16(19)20-2/h3-5,10,12,14H,6-9H2,1-2H3,(H,17,18). The number of ether oxygens (including phenoxy) is 1. The van der Waals surface area contributed by atoms with Crippen LogP contribution in [-0.2, 0) is 9.53 Å². The normalized spacial score (nSPS) is 22.1. The summed E-state index contributed by atoms with van der Waals surface area (Å²) in [4.78, 5) is 23.6. The van der Waals surface area contributed by atoms with Gasteiger partial charge in [-0.2, -0.15) is 0 Å². The van der Waals surface area contributed by atoms with Crippen LogP contribution in [0, 0.1) is 12.8 Å². The molecule has 0 aliphatic heterocycles. The van der Waals surface area contributed by atoms with Crippen LogP contribution >= 0.6 is 0 Å². The van der Waals surface area contributed by atoms with Crippen molar-refractivity contribution in [1.29, 1.82) is 0 Å². The fraction of sp³-hybridized carbons (Fsp3) is 0.500. The fourth-order valence-electron chi connectivity index (χ4n) is 2.70. The van der Waals surface area contributed by atoms with Gasteiger partial charge in [0.15, 0.2) is 0 Å². The summed E-state index contributed by atoms with van der Waals surface area (Å²) in [6.07, 6.45) is 3.23. The lowest BCUT2D eigenvalue weighted by Crippen LogP contribution is -2.38. The lowest BCUT2D eigenvalue weighted by molar-refractivity contribution is -0.146. The summed E-state index contributed by atoms with van der Waals surface area (Å²) in [5.74, 6) is -0.171. The predicted octanol–water partition coefficient (Wildman–Crippen LogP) is 2.46. The van der Waals surface area contributed by atoms with Crippen LogP contribution in [0.4, 0.5) is 0 Å². The summed E-state index contributed by atoms with van der Waals surface area (Å²) in [6, 6.07) is 7.72. The van der Waals surface area contributed by atoms with E-state index in [0.29, 0.717) is 5.56 Å². The number of esters is 1. The lowest BCUT2D eigenvalue weighted by atomic mass is 9.86.